The maximum Gasteiger partial charge on any atom is 0.109 e. The summed E-state index contributed by atoms with van der Waals surface area (Å²) in [6.45, 7) is 0.899. The summed E-state index contributed by atoms with van der Waals surface area (Å²) >= 11 is 0. The molecular formula is C16H31NO4. The van der Waals surface area contributed by atoms with Crippen molar-refractivity contribution >= 4 is 0 Å². The molecule has 4 N–H and O–H groups in total. The largest absolute Gasteiger partial charge is 0.395 e. The van der Waals surface area contributed by atoms with E-state index < -0.39 is 24.4 Å². The molecule has 0 aromatic rings. The minimum atomic E-state index is -1.15. The van der Waals surface area contributed by atoms with E-state index in [9.17, 15) is 20.4 Å². The van der Waals surface area contributed by atoms with Crippen LogP contribution in [0.3, 0.4) is 0 Å². The zero-order chi connectivity index (χ0) is 15.2. The number of likely N-dealkylation sites (tertiary alicyclic amines) is 1. The summed E-state index contributed by atoms with van der Waals surface area (Å²) in [5.74, 6) is 0.934. The van der Waals surface area contributed by atoms with E-state index in [0.29, 0.717) is 6.54 Å². The van der Waals surface area contributed by atoms with Crippen molar-refractivity contribution in [1.29, 1.82) is 0 Å². The van der Waals surface area contributed by atoms with Crippen LogP contribution in [0.25, 0.3) is 0 Å². The van der Waals surface area contributed by atoms with E-state index in [0.717, 1.165) is 25.3 Å². The zero-order valence-corrected chi connectivity index (χ0v) is 12.9. The van der Waals surface area contributed by atoms with Gasteiger partial charge < -0.3 is 20.4 Å². The van der Waals surface area contributed by atoms with Crippen molar-refractivity contribution in [2.24, 2.45) is 5.92 Å². The van der Waals surface area contributed by atoms with E-state index in [4.69, 9.17) is 0 Å². The minimum absolute atomic E-state index is 0.187. The lowest BCUT2D eigenvalue weighted by molar-refractivity contribution is -0.145. The smallest absolute Gasteiger partial charge is 0.109 e. The van der Waals surface area contributed by atoms with Gasteiger partial charge >= 0.3 is 0 Å². The molecule has 2 aliphatic rings. The molecule has 0 aromatic heterocycles. The monoisotopic (exact) mass is 301 g/mol. The summed E-state index contributed by atoms with van der Waals surface area (Å²) in [5.41, 5.74) is 0. The molecule has 1 aliphatic carbocycles. The van der Waals surface area contributed by atoms with Gasteiger partial charge in [0.05, 0.1) is 18.8 Å². The van der Waals surface area contributed by atoms with E-state index in [2.05, 4.69) is 0 Å². The van der Waals surface area contributed by atoms with Gasteiger partial charge in [0.25, 0.3) is 0 Å². The predicted octanol–water partition coefficient (Wildman–Crippen LogP) is 0.496. The Hall–Kier alpha value is -0.200. The first kappa shape index (κ1) is 17.2. The molecule has 4 atom stereocenters. The molecule has 124 valence electrons. The molecular weight excluding hydrogens is 270 g/mol. The number of aliphatic hydroxyl groups excluding tert-OH is 4. The van der Waals surface area contributed by atoms with Gasteiger partial charge in [-0.25, -0.2) is 0 Å². The molecule has 1 saturated carbocycles. The molecule has 1 saturated heterocycles. The summed E-state index contributed by atoms with van der Waals surface area (Å²) in [5, 5.41) is 38.7. The summed E-state index contributed by atoms with van der Waals surface area (Å²) in [6.07, 6.45) is 7.18. The first-order chi connectivity index (χ1) is 10.1. The molecule has 1 aliphatic heterocycles. The number of hydrogen-bond donors (Lipinski definition) is 4. The highest BCUT2D eigenvalue weighted by atomic mass is 16.4. The number of aliphatic hydroxyl groups is 4. The standard InChI is InChI=1S/C16H31NO4/c18-11-13-15(20)16(21)14(19)10-17(13)9-5-1-2-6-12-7-3-4-8-12/h12-16,18-21H,1-11H2/t13-,14+,15-,16-/m1/s1. The average molecular weight is 301 g/mol. The van der Waals surface area contributed by atoms with Crippen LogP contribution in [0.15, 0.2) is 0 Å². The summed E-state index contributed by atoms with van der Waals surface area (Å²) < 4.78 is 0. The Balaban J connectivity index is 1.66. The van der Waals surface area contributed by atoms with Crippen LogP contribution in [0, 0.1) is 5.92 Å². The quantitative estimate of drug-likeness (QED) is 0.515. The van der Waals surface area contributed by atoms with Crippen LogP contribution in [0.2, 0.25) is 0 Å². The van der Waals surface area contributed by atoms with Gasteiger partial charge in [0.1, 0.15) is 12.2 Å². The molecule has 0 bridgehead atoms. The summed E-state index contributed by atoms with van der Waals surface area (Å²) in [6, 6.07) is -0.460. The van der Waals surface area contributed by atoms with E-state index in [1.54, 1.807) is 0 Å². The highest BCUT2D eigenvalue weighted by molar-refractivity contribution is 4.93. The highest BCUT2D eigenvalue weighted by Gasteiger charge is 2.40. The number of hydrogen-bond acceptors (Lipinski definition) is 5. The third kappa shape index (κ3) is 4.63. The van der Waals surface area contributed by atoms with Gasteiger partial charge in [-0.2, -0.15) is 0 Å². The number of unbranched alkanes of at least 4 members (excludes halogenated alkanes) is 2. The molecule has 0 radical (unpaired) electrons. The van der Waals surface area contributed by atoms with E-state index in [1.165, 1.54) is 38.5 Å². The van der Waals surface area contributed by atoms with Crippen LogP contribution >= 0.6 is 0 Å². The lowest BCUT2D eigenvalue weighted by Gasteiger charge is -2.43. The summed E-state index contributed by atoms with van der Waals surface area (Å²) in [4.78, 5) is 1.91. The van der Waals surface area contributed by atoms with E-state index >= 15 is 0 Å². The predicted molar refractivity (Wildman–Crippen MR) is 80.9 cm³/mol. The second-order valence-electron chi connectivity index (χ2n) is 6.79. The molecule has 1 heterocycles. The maximum absolute atomic E-state index is 9.91. The van der Waals surface area contributed by atoms with Crippen molar-refractivity contribution in [1.82, 2.24) is 4.90 Å². The highest BCUT2D eigenvalue weighted by Crippen LogP contribution is 2.29. The first-order valence-corrected chi connectivity index (χ1v) is 8.52. The Morgan fingerprint density at radius 3 is 2.29 bits per heavy atom. The van der Waals surface area contributed by atoms with Crippen molar-refractivity contribution in [3.63, 3.8) is 0 Å². The van der Waals surface area contributed by atoms with Crippen LogP contribution in [-0.4, -0.2) is 69.4 Å². The Bertz CT molecular complexity index is 296. The molecule has 5 heteroatoms. The van der Waals surface area contributed by atoms with Gasteiger partial charge in [-0.3, -0.25) is 4.90 Å². The molecule has 0 spiro atoms. The van der Waals surface area contributed by atoms with Crippen molar-refractivity contribution in [3.8, 4) is 0 Å². The maximum atomic E-state index is 9.91. The first-order valence-electron chi connectivity index (χ1n) is 8.52. The molecule has 21 heavy (non-hydrogen) atoms. The topological polar surface area (TPSA) is 84.2 Å². The van der Waals surface area contributed by atoms with E-state index in [-0.39, 0.29) is 6.61 Å². The fourth-order valence-electron chi connectivity index (χ4n) is 3.86. The van der Waals surface area contributed by atoms with Crippen molar-refractivity contribution in [2.45, 2.75) is 75.7 Å². The number of rotatable bonds is 7. The molecule has 2 fully saturated rings. The lowest BCUT2D eigenvalue weighted by Crippen LogP contribution is -2.62. The fourth-order valence-corrected chi connectivity index (χ4v) is 3.86. The molecule has 0 amide bonds. The Morgan fingerprint density at radius 1 is 0.905 bits per heavy atom. The molecule has 0 unspecified atom stereocenters. The number of β-amino-alcohol motifs (C(OH)–C–C–N with tert-alkyl or cyclic N) is 1. The van der Waals surface area contributed by atoms with Crippen molar-refractivity contribution < 1.29 is 20.4 Å². The second-order valence-corrected chi connectivity index (χ2v) is 6.79. The van der Waals surface area contributed by atoms with Crippen LogP contribution in [-0.2, 0) is 0 Å². The van der Waals surface area contributed by atoms with Gasteiger partial charge in [0, 0.05) is 6.54 Å². The minimum Gasteiger partial charge on any atom is -0.395 e. The van der Waals surface area contributed by atoms with E-state index in [1.807, 2.05) is 4.90 Å². The molecule has 0 aromatic carbocycles. The second kappa shape index (κ2) is 8.44. The summed E-state index contributed by atoms with van der Waals surface area (Å²) in [7, 11) is 0. The van der Waals surface area contributed by atoms with Crippen molar-refractivity contribution in [3.05, 3.63) is 0 Å². The Labute approximate surface area is 127 Å². The third-order valence-corrected chi connectivity index (χ3v) is 5.25. The van der Waals surface area contributed by atoms with Crippen LogP contribution < -0.4 is 0 Å². The van der Waals surface area contributed by atoms with Gasteiger partial charge in [0.15, 0.2) is 0 Å². The van der Waals surface area contributed by atoms with Gasteiger partial charge in [-0.05, 0) is 18.9 Å². The number of piperidine rings is 1. The third-order valence-electron chi connectivity index (χ3n) is 5.25. The Kier molecular flexibility index (Phi) is 6.89. The zero-order valence-electron chi connectivity index (χ0n) is 12.9. The average Bonchev–Trinajstić information content (AvgIpc) is 2.98. The SMILES string of the molecule is OC[C@@H]1[C@@H](O)[C@H](O)[C@@H](O)CN1CCCCCC1CCCC1. The van der Waals surface area contributed by atoms with Crippen LogP contribution in [0.4, 0.5) is 0 Å². The van der Waals surface area contributed by atoms with Gasteiger partial charge in [0.2, 0.25) is 0 Å². The van der Waals surface area contributed by atoms with Crippen LogP contribution in [0.5, 0.6) is 0 Å². The van der Waals surface area contributed by atoms with Gasteiger partial charge in [-0.15, -0.1) is 0 Å². The lowest BCUT2D eigenvalue weighted by atomic mass is 9.93. The van der Waals surface area contributed by atoms with Crippen LogP contribution in [0.1, 0.15) is 51.4 Å². The van der Waals surface area contributed by atoms with Crippen molar-refractivity contribution in [2.75, 3.05) is 19.7 Å². The number of nitrogens with zero attached hydrogens (tertiary/aromatic N) is 1. The fraction of sp³-hybridized carbons (Fsp3) is 1.00. The van der Waals surface area contributed by atoms with Gasteiger partial charge in [-0.1, -0.05) is 44.9 Å². The molecule has 2 rings (SSSR count). The Morgan fingerprint density at radius 2 is 1.62 bits per heavy atom. The normalized spacial score (nSPS) is 35.4. The molecule has 5 nitrogen and oxygen atoms in total.